The Bertz CT molecular complexity index is 1780. The fourth-order valence-electron chi connectivity index (χ4n) is 4.20. The molecule has 1 aliphatic rings. The lowest BCUT2D eigenvalue weighted by molar-refractivity contribution is 0.103. The van der Waals surface area contributed by atoms with Crippen molar-refractivity contribution < 1.29 is 30.8 Å². The normalized spacial score (nSPS) is 15.5. The van der Waals surface area contributed by atoms with E-state index in [1.54, 1.807) is 23.7 Å². The van der Waals surface area contributed by atoms with Crippen molar-refractivity contribution in [2.24, 2.45) is 5.10 Å². The minimum absolute atomic E-state index is 0.150. The van der Waals surface area contributed by atoms with E-state index in [0.717, 1.165) is 11.8 Å². The van der Waals surface area contributed by atoms with Gasteiger partial charge in [0.05, 0.1) is 40.5 Å². The number of rotatable bonds is 7. The van der Waals surface area contributed by atoms with Crippen LogP contribution in [-0.4, -0.2) is 59.5 Å². The first-order valence-electron chi connectivity index (χ1n) is 11.3. The van der Waals surface area contributed by atoms with Crippen molar-refractivity contribution >= 4 is 44.1 Å². The number of aromatic amines is 1. The van der Waals surface area contributed by atoms with Crippen molar-refractivity contribution in [1.82, 2.24) is 20.0 Å². The molecule has 0 saturated carbocycles. The molecule has 10 nitrogen and oxygen atoms in total. The van der Waals surface area contributed by atoms with E-state index >= 15 is 4.39 Å². The number of anilines is 2. The molecule has 0 amide bonds. The predicted octanol–water partition coefficient (Wildman–Crippen LogP) is 3.65. The third-order valence-corrected chi connectivity index (χ3v) is 7.43. The lowest BCUT2D eigenvalue weighted by Gasteiger charge is -2.15. The zero-order valence-corrected chi connectivity index (χ0v) is 21.1. The maximum Gasteiger partial charge on any atom is 0.265 e. The molecule has 2 aromatic carbocycles. The van der Waals surface area contributed by atoms with Gasteiger partial charge in [0.2, 0.25) is 5.78 Å². The molecule has 0 radical (unpaired) electrons. The molecule has 0 spiro atoms. The van der Waals surface area contributed by atoms with Gasteiger partial charge in [-0.1, -0.05) is 0 Å². The zero-order valence-electron chi connectivity index (χ0n) is 20.3. The van der Waals surface area contributed by atoms with Gasteiger partial charge in [-0.3, -0.25) is 14.5 Å². The first-order chi connectivity index (χ1) is 18.5. The van der Waals surface area contributed by atoms with E-state index in [1.165, 1.54) is 12.5 Å². The molecule has 0 fully saturated rings. The molecule has 39 heavy (non-hydrogen) atoms. The summed E-state index contributed by atoms with van der Waals surface area (Å²) in [6.07, 6.45) is 2.44. The Hall–Kier alpha value is -4.53. The predicted molar refractivity (Wildman–Crippen MR) is 134 cm³/mol. The number of H-pyrrole nitrogens is 1. The average molecular weight is 562 g/mol. The Morgan fingerprint density at radius 1 is 1.10 bits per heavy atom. The fraction of sp³-hybridized carbons (Fsp3) is 0.167. The number of ketones is 1. The van der Waals surface area contributed by atoms with Crippen molar-refractivity contribution in [3.05, 3.63) is 77.3 Å². The van der Waals surface area contributed by atoms with Gasteiger partial charge >= 0.3 is 0 Å². The van der Waals surface area contributed by atoms with Gasteiger partial charge in [-0.15, -0.1) is 0 Å². The smallest absolute Gasteiger partial charge is 0.265 e. The van der Waals surface area contributed by atoms with Gasteiger partial charge in [-0.05, 0) is 37.3 Å². The topological polar surface area (TPSA) is 132 Å². The number of sulfonamides is 1. The number of benzene rings is 2. The molecule has 15 heteroatoms. The maximum atomic E-state index is 15.5. The van der Waals surface area contributed by atoms with Crippen LogP contribution in [0.4, 0.5) is 29.1 Å². The third-order valence-electron chi connectivity index (χ3n) is 6.05. The van der Waals surface area contributed by atoms with Gasteiger partial charge in [0.1, 0.15) is 40.1 Å². The Morgan fingerprint density at radius 3 is 2.56 bits per heavy atom. The fourth-order valence-corrected chi connectivity index (χ4v) is 5.35. The molecule has 0 bridgehead atoms. The van der Waals surface area contributed by atoms with Gasteiger partial charge in [-0.2, -0.15) is 5.10 Å². The number of halogens is 4. The summed E-state index contributed by atoms with van der Waals surface area (Å²) in [7, 11) is -3.07. The van der Waals surface area contributed by atoms with Crippen LogP contribution in [0.5, 0.6) is 0 Å². The second kappa shape index (κ2) is 9.65. The van der Waals surface area contributed by atoms with Crippen molar-refractivity contribution in [1.29, 1.82) is 0 Å². The highest BCUT2D eigenvalue weighted by Gasteiger charge is 2.29. The first-order valence-corrected chi connectivity index (χ1v) is 12.8. The van der Waals surface area contributed by atoms with Gasteiger partial charge in [-0.25, -0.2) is 35.9 Å². The number of nitrogens with one attached hydrogen (secondary N) is 3. The Morgan fingerprint density at radius 2 is 1.85 bits per heavy atom. The van der Waals surface area contributed by atoms with Gasteiger partial charge in [0.25, 0.3) is 10.0 Å². The van der Waals surface area contributed by atoms with Crippen molar-refractivity contribution in [3.63, 3.8) is 0 Å². The summed E-state index contributed by atoms with van der Waals surface area (Å²) in [6.45, 7) is 2.30. The highest BCUT2D eigenvalue weighted by atomic mass is 32.2. The highest BCUT2D eigenvalue weighted by Crippen LogP contribution is 2.31. The van der Waals surface area contributed by atoms with Crippen LogP contribution in [0.15, 0.2) is 52.9 Å². The summed E-state index contributed by atoms with van der Waals surface area (Å²) in [5, 5.41) is 9.32. The average Bonchev–Trinajstić information content (AvgIpc) is 3.45. The summed E-state index contributed by atoms with van der Waals surface area (Å²) in [4.78, 5) is 23.4. The Balaban J connectivity index is 1.54. The number of aromatic nitrogens is 3. The minimum Gasteiger partial charge on any atom is -0.359 e. The van der Waals surface area contributed by atoms with E-state index in [4.69, 9.17) is 0 Å². The second-order valence-electron chi connectivity index (χ2n) is 8.72. The van der Waals surface area contributed by atoms with Crippen LogP contribution in [0, 0.1) is 23.3 Å². The molecule has 5 rings (SSSR count). The first kappa shape index (κ1) is 26.1. The molecule has 1 aliphatic heterocycles. The van der Waals surface area contributed by atoms with Crippen LogP contribution in [0.1, 0.15) is 22.8 Å². The van der Waals surface area contributed by atoms with Crippen LogP contribution in [0.2, 0.25) is 0 Å². The van der Waals surface area contributed by atoms with Crippen LogP contribution < -0.4 is 10.0 Å². The van der Waals surface area contributed by atoms with E-state index in [2.05, 4.69) is 25.4 Å². The molecule has 4 aromatic rings. The lowest BCUT2D eigenvalue weighted by atomic mass is 10.0. The molecular formula is C24H19F4N7O3S. The molecule has 0 saturated heterocycles. The summed E-state index contributed by atoms with van der Waals surface area (Å²) in [5.41, 5.74) is -1.17. The summed E-state index contributed by atoms with van der Waals surface area (Å²) >= 11 is 0. The lowest BCUT2D eigenvalue weighted by Crippen LogP contribution is -2.30. The summed E-state index contributed by atoms with van der Waals surface area (Å²) < 4.78 is 85.0. The number of hydrogen-bond acceptors (Lipinski definition) is 8. The minimum atomic E-state index is -4.85. The zero-order chi connectivity index (χ0) is 28.1. The maximum absolute atomic E-state index is 15.5. The van der Waals surface area contributed by atoms with Crippen molar-refractivity contribution in [2.75, 3.05) is 23.6 Å². The van der Waals surface area contributed by atoms with Gasteiger partial charge in [0, 0.05) is 13.2 Å². The molecule has 1 atom stereocenters. The van der Waals surface area contributed by atoms with E-state index in [0.29, 0.717) is 30.8 Å². The van der Waals surface area contributed by atoms with Crippen LogP contribution in [0.3, 0.4) is 0 Å². The molecule has 2 aromatic heterocycles. The largest absolute Gasteiger partial charge is 0.359 e. The Labute approximate surface area is 218 Å². The van der Waals surface area contributed by atoms with Crippen LogP contribution in [-0.2, 0) is 10.0 Å². The van der Waals surface area contributed by atoms with E-state index in [9.17, 15) is 26.4 Å². The molecule has 1 unspecified atom stereocenters. The number of hydrazone groups is 1. The quantitative estimate of drug-likeness (QED) is 0.232. The number of carbonyl (C=O) groups excluding carboxylic acids is 1. The summed E-state index contributed by atoms with van der Waals surface area (Å²) in [5.74, 6) is -6.11. The molecular weight excluding hydrogens is 542 g/mol. The number of hydrogen-bond donors (Lipinski definition) is 3. The summed E-state index contributed by atoms with van der Waals surface area (Å²) in [6, 6.07) is 2.83. The third kappa shape index (κ3) is 4.76. The molecule has 3 N–H and O–H groups in total. The van der Waals surface area contributed by atoms with Gasteiger partial charge < -0.3 is 10.3 Å². The van der Waals surface area contributed by atoms with Gasteiger partial charge in [0.15, 0.2) is 5.82 Å². The van der Waals surface area contributed by atoms with E-state index < -0.39 is 55.2 Å². The Kier molecular flexibility index (Phi) is 6.46. The number of fused-ring (bicyclic) bond motifs is 1. The van der Waals surface area contributed by atoms with Crippen molar-refractivity contribution in [2.45, 2.75) is 17.9 Å². The number of likely N-dealkylation sites (N-methyl/N-ethyl adjacent to an activating group) is 1. The van der Waals surface area contributed by atoms with Crippen molar-refractivity contribution in [3.8, 4) is 0 Å². The van der Waals surface area contributed by atoms with E-state index in [-0.39, 0.29) is 28.5 Å². The van der Waals surface area contributed by atoms with Crippen LogP contribution in [0.25, 0.3) is 11.0 Å². The molecule has 3 heterocycles. The highest BCUT2D eigenvalue weighted by molar-refractivity contribution is 7.92. The number of nitrogens with zero attached hydrogens (tertiary/aromatic N) is 4. The molecule has 0 aliphatic carbocycles. The number of carbonyl (C=O) groups is 1. The second-order valence-corrected chi connectivity index (χ2v) is 10.4. The monoisotopic (exact) mass is 561 g/mol. The molecule has 202 valence electrons. The standard InChI is InChI=1S/C24H19F4N7O3S/c1-11-17(9-35(2)33-11)32-24-19-13(8-29-23(19)30-10-31-24)22(36)20-15(27)5-6-16(21(20)28)34-39(37,38)18-7-12(25)3-4-14(18)26/h3-8,10,17,34H,9H2,1-2H3,(H2,29,30,31,32). The van der Waals surface area contributed by atoms with Crippen LogP contribution >= 0.6 is 0 Å². The SMILES string of the molecule is CC1=NN(C)CC1Nc1ncnc2[nH]cc(C(=O)c3c(F)ccc(NS(=O)(=O)c4cc(F)ccc4F)c3F)c12. The van der Waals surface area contributed by atoms with E-state index in [1.807, 2.05) is 0 Å².